The van der Waals surface area contributed by atoms with E-state index in [0.717, 1.165) is 38.5 Å². The molecule has 0 fully saturated rings. The number of quaternary nitrogens is 1. The van der Waals surface area contributed by atoms with E-state index >= 15 is 0 Å². The van der Waals surface area contributed by atoms with Gasteiger partial charge in [-0.1, -0.05) is 328 Å². The summed E-state index contributed by atoms with van der Waals surface area (Å²) in [5.74, 6) is -1.97. The van der Waals surface area contributed by atoms with Crippen LogP contribution in [0.15, 0.2) is 12.2 Å². The van der Waals surface area contributed by atoms with E-state index < -0.39 is 18.4 Å². The molecule has 0 aromatic rings. The predicted octanol–water partition coefficient (Wildman–Crippen LogP) is 21.6. The number of ether oxygens (including phenoxy) is 4. The number of carbonyl (C=O) groups excluding carboxylic acids is 2. The lowest BCUT2D eigenvalue weighted by Gasteiger charge is -2.25. The number of nitrogens with zero attached hydrogens (tertiary/aromatic N) is 1. The maximum absolute atomic E-state index is 12.9. The number of allylic oxidation sites excluding steroid dienone is 2. The number of carboxylic acids is 1. The molecule has 474 valence electrons. The molecule has 0 aromatic heterocycles. The number of likely N-dealkylation sites (N-methyl/N-ethyl adjacent to an activating group) is 1. The van der Waals surface area contributed by atoms with Crippen LogP contribution >= 0.6 is 0 Å². The molecule has 0 aliphatic carbocycles. The van der Waals surface area contributed by atoms with E-state index in [2.05, 4.69) is 26.0 Å². The number of carbonyl (C=O) groups is 3. The van der Waals surface area contributed by atoms with Crippen molar-refractivity contribution in [1.82, 2.24) is 0 Å². The first-order valence-corrected chi connectivity index (χ1v) is 35.4. The molecule has 0 bridgehead atoms. The number of esters is 2. The third-order valence-electron chi connectivity index (χ3n) is 16.3. The van der Waals surface area contributed by atoms with Gasteiger partial charge in [-0.15, -0.1) is 0 Å². The minimum Gasteiger partial charge on any atom is -0.477 e. The van der Waals surface area contributed by atoms with Crippen molar-refractivity contribution in [2.45, 2.75) is 379 Å². The van der Waals surface area contributed by atoms with Crippen LogP contribution in [0.5, 0.6) is 0 Å². The second-order valence-electron chi connectivity index (χ2n) is 25.6. The fourth-order valence-electron chi connectivity index (χ4n) is 10.8. The maximum Gasteiger partial charge on any atom is 0.361 e. The highest BCUT2D eigenvalue weighted by molar-refractivity contribution is 5.71. The summed E-state index contributed by atoms with van der Waals surface area (Å²) in [4.78, 5) is 37.6. The van der Waals surface area contributed by atoms with Gasteiger partial charge in [0.05, 0.1) is 34.4 Å². The van der Waals surface area contributed by atoms with Crippen LogP contribution in [-0.2, 0) is 33.3 Å². The second-order valence-corrected chi connectivity index (χ2v) is 25.6. The molecule has 0 spiro atoms. The van der Waals surface area contributed by atoms with Crippen molar-refractivity contribution in [2.24, 2.45) is 0 Å². The largest absolute Gasteiger partial charge is 0.477 e. The average molecular weight is 1130 g/mol. The summed E-state index contributed by atoms with van der Waals surface area (Å²) in [6.07, 6.45) is 73.3. The molecular weight excluding hydrogens is 995 g/mol. The van der Waals surface area contributed by atoms with E-state index in [9.17, 15) is 19.5 Å². The standard InChI is InChI=1S/C71H137NO8/c1-6-8-10-12-14-16-18-20-22-24-26-28-30-32-33-34-35-36-38-39-41-43-45-47-49-51-53-55-57-59-61-68(73)78-65-67(66-79-71(70(75)76)77-64-63-72(3,4)5)80-69(74)62-60-58-56-54-52-50-48-46-44-42-40-37-31-29-27-25-23-21-19-17-15-13-11-9-7-2/h25,27,67,71H,6-24,26,28-66H2,1-5H3/p+1/b27-25-. The van der Waals surface area contributed by atoms with Crippen molar-refractivity contribution in [3.63, 3.8) is 0 Å². The molecule has 0 saturated heterocycles. The lowest BCUT2D eigenvalue weighted by molar-refractivity contribution is -0.870. The number of unbranched alkanes of at least 4 members (excludes halogenated alkanes) is 50. The van der Waals surface area contributed by atoms with Crippen LogP contribution in [0.4, 0.5) is 0 Å². The fraction of sp³-hybridized carbons (Fsp3) is 0.930. The number of rotatable bonds is 67. The van der Waals surface area contributed by atoms with Gasteiger partial charge in [0.1, 0.15) is 13.2 Å². The molecule has 2 unspecified atom stereocenters. The third kappa shape index (κ3) is 63.6. The summed E-state index contributed by atoms with van der Waals surface area (Å²) < 4.78 is 23.0. The SMILES string of the molecule is CCCCCCCCCC/C=C\CCCCCCCCCCCCCCCC(=O)OC(COC(=O)CCCCCCCCCCCCCCCCCCCCCCCCCCCCCCCC)COC(OCC[N+](C)(C)C)C(=O)O. The summed E-state index contributed by atoms with van der Waals surface area (Å²) in [7, 11) is 5.99. The minimum atomic E-state index is -1.51. The van der Waals surface area contributed by atoms with Gasteiger partial charge in [-0.2, -0.15) is 0 Å². The molecule has 2 atom stereocenters. The zero-order valence-electron chi connectivity index (χ0n) is 54.3. The Morgan fingerprint density at radius 1 is 0.362 bits per heavy atom. The Bertz CT molecular complexity index is 1320. The van der Waals surface area contributed by atoms with Crippen molar-refractivity contribution in [3.8, 4) is 0 Å². The van der Waals surface area contributed by atoms with Crippen molar-refractivity contribution < 1.29 is 42.9 Å². The molecule has 0 aliphatic heterocycles. The van der Waals surface area contributed by atoms with Crippen LogP contribution in [0, 0.1) is 0 Å². The Kier molecular flexibility index (Phi) is 61.5. The third-order valence-corrected chi connectivity index (χ3v) is 16.3. The number of carboxylic acid groups (broad SMARTS) is 1. The van der Waals surface area contributed by atoms with E-state index in [-0.39, 0.29) is 38.2 Å². The van der Waals surface area contributed by atoms with Gasteiger partial charge in [0.15, 0.2) is 6.10 Å². The monoisotopic (exact) mass is 1130 g/mol. The van der Waals surface area contributed by atoms with Crippen molar-refractivity contribution in [1.29, 1.82) is 0 Å². The molecular formula is C71H138NO8+. The topological polar surface area (TPSA) is 108 Å². The fourth-order valence-corrected chi connectivity index (χ4v) is 10.8. The highest BCUT2D eigenvalue weighted by Crippen LogP contribution is 2.19. The van der Waals surface area contributed by atoms with Gasteiger partial charge in [-0.25, -0.2) is 4.79 Å². The van der Waals surface area contributed by atoms with Crippen LogP contribution in [-0.4, -0.2) is 87.4 Å². The smallest absolute Gasteiger partial charge is 0.361 e. The zero-order valence-corrected chi connectivity index (χ0v) is 54.3. The summed E-state index contributed by atoms with van der Waals surface area (Å²) in [5, 5.41) is 9.74. The Hall–Kier alpha value is -1.97. The first kappa shape index (κ1) is 78.0. The summed E-state index contributed by atoms with van der Waals surface area (Å²) in [6, 6.07) is 0. The Balaban J connectivity index is 4.04. The van der Waals surface area contributed by atoms with Gasteiger partial charge in [0, 0.05) is 12.8 Å². The van der Waals surface area contributed by atoms with Gasteiger partial charge in [-0.3, -0.25) is 9.59 Å². The van der Waals surface area contributed by atoms with E-state index in [4.69, 9.17) is 18.9 Å². The lowest BCUT2D eigenvalue weighted by atomic mass is 10.0. The van der Waals surface area contributed by atoms with Crippen LogP contribution in [0.1, 0.15) is 367 Å². The quantitative estimate of drug-likeness (QED) is 0.0211. The highest BCUT2D eigenvalue weighted by Gasteiger charge is 2.25. The second kappa shape index (κ2) is 63.1. The molecule has 9 nitrogen and oxygen atoms in total. The minimum absolute atomic E-state index is 0.174. The van der Waals surface area contributed by atoms with Crippen LogP contribution < -0.4 is 0 Å². The first-order valence-electron chi connectivity index (χ1n) is 35.4. The summed E-state index contributed by atoms with van der Waals surface area (Å²) in [5.41, 5.74) is 0. The summed E-state index contributed by atoms with van der Waals surface area (Å²) >= 11 is 0. The van der Waals surface area contributed by atoms with Crippen molar-refractivity contribution >= 4 is 17.9 Å². The molecule has 1 N–H and O–H groups in total. The highest BCUT2D eigenvalue weighted by atomic mass is 16.7. The molecule has 0 aliphatic rings. The van der Waals surface area contributed by atoms with Crippen LogP contribution in [0.25, 0.3) is 0 Å². The normalized spacial score (nSPS) is 12.7. The predicted molar refractivity (Wildman–Crippen MR) is 341 cm³/mol. The average Bonchev–Trinajstić information content (AvgIpc) is 3.43. The lowest BCUT2D eigenvalue weighted by Crippen LogP contribution is -2.40. The number of aliphatic carboxylic acids is 1. The van der Waals surface area contributed by atoms with E-state index in [1.165, 1.54) is 302 Å². The van der Waals surface area contributed by atoms with E-state index in [1.54, 1.807) is 0 Å². The molecule has 0 rings (SSSR count). The van der Waals surface area contributed by atoms with Gasteiger partial charge in [0.25, 0.3) is 6.29 Å². The molecule has 80 heavy (non-hydrogen) atoms. The molecule has 0 aromatic carbocycles. The zero-order chi connectivity index (χ0) is 58.3. The molecule has 0 saturated carbocycles. The van der Waals surface area contributed by atoms with Crippen LogP contribution in [0.3, 0.4) is 0 Å². The van der Waals surface area contributed by atoms with E-state index in [1.807, 2.05) is 21.1 Å². The van der Waals surface area contributed by atoms with Gasteiger partial charge in [0.2, 0.25) is 0 Å². The van der Waals surface area contributed by atoms with Gasteiger partial charge in [-0.05, 0) is 38.5 Å². The Morgan fingerprint density at radius 2 is 0.637 bits per heavy atom. The maximum atomic E-state index is 12.9. The number of hydrogen-bond acceptors (Lipinski definition) is 7. The van der Waals surface area contributed by atoms with E-state index in [0.29, 0.717) is 17.4 Å². The molecule has 0 amide bonds. The number of hydrogen-bond donors (Lipinski definition) is 1. The molecule has 0 radical (unpaired) electrons. The van der Waals surface area contributed by atoms with Crippen molar-refractivity contribution in [2.75, 3.05) is 47.5 Å². The van der Waals surface area contributed by atoms with Crippen LogP contribution in [0.2, 0.25) is 0 Å². The first-order chi connectivity index (χ1) is 39.1. The Labute approximate surface area is 497 Å². The van der Waals surface area contributed by atoms with Crippen molar-refractivity contribution in [3.05, 3.63) is 12.2 Å². The molecule has 9 heteroatoms. The van der Waals surface area contributed by atoms with Gasteiger partial charge >= 0.3 is 17.9 Å². The summed E-state index contributed by atoms with van der Waals surface area (Å²) in [6.45, 7) is 4.96. The Morgan fingerprint density at radius 3 is 0.925 bits per heavy atom. The van der Waals surface area contributed by atoms with Gasteiger partial charge < -0.3 is 28.5 Å². The molecule has 0 heterocycles.